The molecule has 1 saturated carbocycles. The van der Waals surface area contributed by atoms with E-state index in [0.29, 0.717) is 6.04 Å². The predicted molar refractivity (Wildman–Crippen MR) is 76.1 cm³/mol. The highest BCUT2D eigenvalue weighted by molar-refractivity contribution is 5.57. The molecule has 4 heteroatoms. The molecule has 100 valence electrons. The Hall–Kier alpha value is -1.32. The molecule has 18 heavy (non-hydrogen) atoms. The zero-order valence-electron chi connectivity index (χ0n) is 11.9. The Bertz CT molecular complexity index is 413. The van der Waals surface area contributed by atoms with Crippen LogP contribution >= 0.6 is 0 Å². The van der Waals surface area contributed by atoms with E-state index in [1.807, 2.05) is 6.92 Å². The smallest absolute Gasteiger partial charge is 0.134 e. The number of nitrogens with zero attached hydrogens (tertiary/aromatic N) is 2. The molecule has 0 spiro atoms. The molecule has 0 amide bonds. The summed E-state index contributed by atoms with van der Waals surface area (Å²) in [7, 11) is 0. The lowest BCUT2D eigenvalue weighted by Gasteiger charge is -2.18. The van der Waals surface area contributed by atoms with Crippen molar-refractivity contribution in [2.24, 2.45) is 5.92 Å². The molecule has 1 aromatic heterocycles. The summed E-state index contributed by atoms with van der Waals surface area (Å²) in [5.74, 6) is 3.60. The van der Waals surface area contributed by atoms with Crippen molar-refractivity contribution in [1.82, 2.24) is 9.97 Å². The molecular formula is C14H24N4. The molecular weight excluding hydrogens is 224 g/mol. The average molecular weight is 248 g/mol. The quantitative estimate of drug-likeness (QED) is 0.812. The highest BCUT2D eigenvalue weighted by atomic mass is 15.1. The molecule has 1 aromatic rings. The van der Waals surface area contributed by atoms with Crippen LogP contribution in [0, 0.1) is 19.8 Å². The lowest BCUT2D eigenvalue weighted by atomic mass is 10.2. The minimum absolute atomic E-state index is 0.511. The van der Waals surface area contributed by atoms with Crippen molar-refractivity contribution in [3.05, 3.63) is 11.4 Å². The van der Waals surface area contributed by atoms with E-state index in [1.165, 1.54) is 12.8 Å². The maximum atomic E-state index is 4.53. The van der Waals surface area contributed by atoms with Gasteiger partial charge in [0.15, 0.2) is 0 Å². The van der Waals surface area contributed by atoms with E-state index in [2.05, 4.69) is 41.4 Å². The normalized spacial score (nSPS) is 16.4. The Balaban J connectivity index is 2.14. The molecule has 1 aliphatic carbocycles. The maximum Gasteiger partial charge on any atom is 0.134 e. The summed E-state index contributed by atoms with van der Waals surface area (Å²) in [6.45, 7) is 9.39. The van der Waals surface area contributed by atoms with Gasteiger partial charge in [-0.15, -0.1) is 0 Å². The fourth-order valence-electron chi connectivity index (χ4n) is 2.11. The van der Waals surface area contributed by atoms with Gasteiger partial charge in [-0.2, -0.15) is 0 Å². The summed E-state index contributed by atoms with van der Waals surface area (Å²) < 4.78 is 0. The van der Waals surface area contributed by atoms with E-state index in [9.17, 15) is 0 Å². The molecule has 2 N–H and O–H groups in total. The van der Waals surface area contributed by atoms with Crippen molar-refractivity contribution in [1.29, 1.82) is 0 Å². The lowest BCUT2D eigenvalue weighted by molar-refractivity contribution is 0.688. The van der Waals surface area contributed by atoms with Crippen LogP contribution in [0.15, 0.2) is 0 Å². The van der Waals surface area contributed by atoms with Gasteiger partial charge in [-0.3, -0.25) is 0 Å². The zero-order valence-corrected chi connectivity index (χ0v) is 11.9. The monoisotopic (exact) mass is 248 g/mol. The van der Waals surface area contributed by atoms with Gasteiger partial charge >= 0.3 is 0 Å². The average Bonchev–Trinajstić information content (AvgIpc) is 3.15. The number of hydrogen-bond donors (Lipinski definition) is 2. The first-order valence-electron chi connectivity index (χ1n) is 6.97. The predicted octanol–water partition coefficient (Wildman–Crippen LogP) is 3.13. The van der Waals surface area contributed by atoms with Crippen LogP contribution in [-0.2, 0) is 0 Å². The molecule has 0 saturated heterocycles. The third kappa shape index (κ3) is 3.12. The van der Waals surface area contributed by atoms with Gasteiger partial charge in [0, 0.05) is 18.2 Å². The Labute approximate surface area is 110 Å². The summed E-state index contributed by atoms with van der Waals surface area (Å²) in [5, 5.41) is 6.91. The van der Waals surface area contributed by atoms with Gasteiger partial charge in [-0.1, -0.05) is 6.92 Å². The third-order valence-corrected chi connectivity index (χ3v) is 3.49. The Morgan fingerprint density at radius 1 is 1.22 bits per heavy atom. The summed E-state index contributed by atoms with van der Waals surface area (Å²) in [5.41, 5.74) is 1.13. The number of hydrogen-bond acceptors (Lipinski definition) is 4. The summed E-state index contributed by atoms with van der Waals surface area (Å²) >= 11 is 0. The van der Waals surface area contributed by atoms with E-state index in [0.717, 1.165) is 41.9 Å². The molecule has 1 unspecified atom stereocenters. The van der Waals surface area contributed by atoms with Gasteiger partial charge in [0.05, 0.1) is 0 Å². The van der Waals surface area contributed by atoms with Crippen LogP contribution in [0.4, 0.5) is 11.6 Å². The lowest BCUT2D eigenvalue weighted by Crippen LogP contribution is -2.20. The van der Waals surface area contributed by atoms with Gasteiger partial charge < -0.3 is 10.6 Å². The molecule has 1 fully saturated rings. The highest BCUT2D eigenvalue weighted by Crippen LogP contribution is 2.34. The second kappa shape index (κ2) is 5.55. The van der Waals surface area contributed by atoms with Gasteiger partial charge in [0.2, 0.25) is 0 Å². The molecule has 0 radical (unpaired) electrons. The SMILES string of the molecule is CCCNc1nc(C)nc(NC(C)C2CC2)c1C. The van der Waals surface area contributed by atoms with Crippen LogP contribution in [0.25, 0.3) is 0 Å². The van der Waals surface area contributed by atoms with Crippen molar-refractivity contribution in [2.75, 3.05) is 17.2 Å². The van der Waals surface area contributed by atoms with Crippen molar-refractivity contribution >= 4 is 11.6 Å². The standard InChI is InChI=1S/C14H24N4/c1-5-8-15-13-9(2)14(18-11(4)17-13)16-10(3)12-6-7-12/h10,12H,5-8H2,1-4H3,(H2,15,16,17,18). The number of aryl methyl sites for hydroxylation is 1. The van der Waals surface area contributed by atoms with E-state index in [-0.39, 0.29) is 0 Å². The minimum Gasteiger partial charge on any atom is -0.370 e. The number of nitrogens with one attached hydrogen (secondary N) is 2. The first-order valence-corrected chi connectivity index (χ1v) is 6.97. The molecule has 0 aromatic carbocycles. The van der Waals surface area contributed by atoms with Crippen LogP contribution < -0.4 is 10.6 Å². The number of rotatable bonds is 6. The van der Waals surface area contributed by atoms with Crippen molar-refractivity contribution < 1.29 is 0 Å². The van der Waals surface area contributed by atoms with Crippen LogP contribution in [0.1, 0.15) is 44.5 Å². The molecule has 1 aliphatic rings. The molecule has 1 atom stereocenters. The zero-order chi connectivity index (χ0) is 13.1. The van der Waals surface area contributed by atoms with E-state index in [1.54, 1.807) is 0 Å². The van der Waals surface area contributed by atoms with Crippen molar-refractivity contribution in [2.45, 2.75) is 53.0 Å². The molecule has 2 rings (SSSR count). The highest BCUT2D eigenvalue weighted by Gasteiger charge is 2.28. The summed E-state index contributed by atoms with van der Waals surface area (Å²) in [6, 6.07) is 0.511. The summed E-state index contributed by atoms with van der Waals surface area (Å²) in [4.78, 5) is 9.01. The summed E-state index contributed by atoms with van der Waals surface area (Å²) in [6.07, 6.45) is 3.79. The largest absolute Gasteiger partial charge is 0.370 e. The van der Waals surface area contributed by atoms with Gasteiger partial charge in [-0.25, -0.2) is 9.97 Å². The second-order valence-corrected chi connectivity index (χ2v) is 5.29. The first-order chi connectivity index (χ1) is 8.61. The number of anilines is 2. The molecule has 4 nitrogen and oxygen atoms in total. The van der Waals surface area contributed by atoms with Gasteiger partial charge in [-0.05, 0) is 46.0 Å². The van der Waals surface area contributed by atoms with Crippen LogP contribution in [-0.4, -0.2) is 22.6 Å². The topological polar surface area (TPSA) is 49.8 Å². The Kier molecular flexibility index (Phi) is 4.04. The van der Waals surface area contributed by atoms with E-state index < -0.39 is 0 Å². The van der Waals surface area contributed by atoms with Gasteiger partial charge in [0.1, 0.15) is 17.5 Å². The number of aromatic nitrogens is 2. The van der Waals surface area contributed by atoms with E-state index in [4.69, 9.17) is 0 Å². The maximum absolute atomic E-state index is 4.53. The molecule has 1 heterocycles. The van der Waals surface area contributed by atoms with Crippen molar-refractivity contribution in [3.8, 4) is 0 Å². The Morgan fingerprint density at radius 3 is 2.50 bits per heavy atom. The van der Waals surface area contributed by atoms with Crippen molar-refractivity contribution in [3.63, 3.8) is 0 Å². The molecule has 0 bridgehead atoms. The van der Waals surface area contributed by atoms with Crippen LogP contribution in [0.5, 0.6) is 0 Å². The minimum atomic E-state index is 0.511. The van der Waals surface area contributed by atoms with Crippen LogP contribution in [0.3, 0.4) is 0 Å². The molecule has 0 aliphatic heterocycles. The van der Waals surface area contributed by atoms with Gasteiger partial charge in [0.25, 0.3) is 0 Å². The second-order valence-electron chi connectivity index (χ2n) is 5.29. The fraction of sp³-hybridized carbons (Fsp3) is 0.714. The Morgan fingerprint density at radius 2 is 1.89 bits per heavy atom. The van der Waals surface area contributed by atoms with Crippen LogP contribution in [0.2, 0.25) is 0 Å². The van der Waals surface area contributed by atoms with E-state index >= 15 is 0 Å². The third-order valence-electron chi connectivity index (χ3n) is 3.49. The first kappa shape index (κ1) is 13.1. The fourth-order valence-corrected chi connectivity index (χ4v) is 2.11.